The average Bonchev–Trinajstić information content (AvgIpc) is 3.02. The van der Waals surface area contributed by atoms with Crippen molar-refractivity contribution in [1.29, 1.82) is 0 Å². The highest BCUT2D eigenvalue weighted by atomic mass is 32.1. The number of hydrogen-bond acceptors (Lipinski definition) is 3. The van der Waals surface area contributed by atoms with Gasteiger partial charge in [0.1, 0.15) is 5.82 Å². The molecule has 4 heteroatoms. The van der Waals surface area contributed by atoms with Crippen LogP contribution in [0.4, 0.5) is 0 Å². The summed E-state index contributed by atoms with van der Waals surface area (Å²) in [7, 11) is 2.11. The van der Waals surface area contributed by atoms with E-state index in [-0.39, 0.29) is 0 Å². The molecule has 3 rings (SSSR count). The van der Waals surface area contributed by atoms with Gasteiger partial charge in [-0.05, 0) is 37.8 Å². The molecule has 0 aliphatic carbocycles. The number of rotatable bonds is 3. The topological polar surface area (TPSA) is 21.1 Å². The van der Waals surface area contributed by atoms with E-state index >= 15 is 0 Å². The van der Waals surface area contributed by atoms with Crippen LogP contribution in [0.3, 0.4) is 0 Å². The molecular formula is C14H19N3S. The Kier molecular flexibility index (Phi) is 3.22. The molecule has 1 fully saturated rings. The van der Waals surface area contributed by atoms with Crippen LogP contribution in [0, 0.1) is 6.92 Å². The van der Waals surface area contributed by atoms with Gasteiger partial charge in [0.15, 0.2) is 0 Å². The number of aromatic nitrogens is 2. The van der Waals surface area contributed by atoms with Gasteiger partial charge in [0.2, 0.25) is 0 Å². The molecule has 2 aromatic heterocycles. The van der Waals surface area contributed by atoms with Crippen LogP contribution in [0.5, 0.6) is 0 Å². The van der Waals surface area contributed by atoms with Gasteiger partial charge in [0.05, 0.1) is 11.7 Å². The highest BCUT2D eigenvalue weighted by Crippen LogP contribution is 2.32. The van der Waals surface area contributed by atoms with Gasteiger partial charge in [-0.25, -0.2) is 4.98 Å². The van der Waals surface area contributed by atoms with Crippen molar-refractivity contribution in [3.63, 3.8) is 0 Å². The average molecular weight is 261 g/mol. The lowest BCUT2D eigenvalue weighted by Crippen LogP contribution is -2.24. The van der Waals surface area contributed by atoms with Gasteiger partial charge in [-0.3, -0.25) is 4.90 Å². The fourth-order valence-corrected chi connectivity index (χ4v) is 3.58. The van der Waals surface area contributed by atoms with Crippen molar-refractivity contribution in [2.45, 2.75) is 32.4 Å². The lowest BCUT2D eigenvalue weighted by atomic mass is 10.2. The van der Waals surface area contributed by atoms with Crippen molar-refractivity contribution in [1.82, 2.24) is 14.5 Å². The summed E-state index contributed by atoms with van der Waals surface area (Å²) in [5, 5.41) is 2.16. The molecule has 0 bridgehead atoms. The molecule has 1 aliphatic heterocycles. The van der Waals surface area contributed by atoms with Crippen molar-refractivity contribution in [3.8, 4) is 0 Å². The van der Waals surface area contributed by atoms with Crippen LogP contribution in [0.1, 0.15) is 35.3 Å². The van der Waals surface area contributed by atoms with Gasteiger partial charge < -0.3 is 4.57 Å². The molecule has 1 saturated heterocycles. The van der Waals surface area contributed by atoms with Crippen LogP contribution in [0.2, 0.25) is 0 Å². The molecule has 3 heterocycles. The maximum Gasteiger partial charge on any atom is 0.126 e. The Labute approximate surface area is 112 Å². The number of nitrogens with zero attached hydrogens (tertiary/aromatic N) is 3. The minimum atomic E-state index is 0.491. The lowest BCUT2D eigenvalue weighted by molar-refractivity contribution is 0.238. The molecule has 0 aromatic carbocycles. The third-order valence-corrected chi connectivity index (χ3v) is 4.49. The second-order valence-electron chi connectivity index (χ2n) is 5.06. The summed E-state index contributed by atoms with van der Waals surface area (Å²) in [5.41, 5.74) is 1.12. The van der Waals surface area contributed by atoms with Crippen molar-refractivity contribution in [2.75, 3.05) is 6.54 Å². The molecule has 2 aromatic rings. The monoisotopic (exact) mass is 261 g/mol. The van der Waals surface area contributed by atoms with Crippen molar-refractivity contribution in [3.05, 3.63) is 40.1 Å². The van der Waals surface area contributed by atoms with Gasteiger partial charge in [-0.1, -0.05) is 6.07 Å². The largest absolute Gasteiger partial charge is 0.336 e. The van der Waals surface area contributed by atoms with Crippen LogP contribution in [-0.2, 0) is 13.6 Å². The molecule has 96 valence electrons. The van der Waals surface area contributed by atoms with Crippen LogP contribution < -0.4 is 0 Å². The molecule has 0 N–H and O–H groups in total. The second-order valence-corrected chi connectivity index (χ2v) is 6.09. The first kappa shape index (κ1) is 11.9. The number of imidazole rings is 1. The van der Waals surface area contributed by atoms with Gasteiger partial charge >= 0.3 is 0 Å². The smallest absolute Gasteiger partial charge is 0.126 e. The maximum atomic E-state index is 4.70. The molecule has 1 aliphatic rings. The van der Waals surface area contributed by atoms with Gasteiger partial charge in [-0.2, -0.15) is 0 Å². The first-order valence-electron chi connectivity index (χ1n) is 6.50. The van der Waals surface area contributed by atoms with Gasteiger partial charge in [-0.15, -0.1) is 11.3 Å². The first-order chi connectivity index (χ1) is 8.74. The van der Waals surface area contributed by atoms with E-state index in [1.807, 2.05) is 11.3 Å². The van der Waals surface area contributed by atoms with E-state index in [1.54, 1.807) is 0 Å². The Hall–Kier alpha value is -1.13. The molecule has 0 spiro atoms. The molecule has 0 radical (unpaired) electrons. The molecule has 1 atom stereocenters. The lowest BCUT2D eigenvalue weighted by Gasteiger charge is -2.23. The highest BCUT2D eigenvalue weighted by molar-refractivity contribution is 7.09. The SMILES string of the molecule is Cc1cn(C)c(C2CCCN2Cc2cccs2)n1. The van der Waals surface area contributed by atoms with E-state index in [4.69, 9.17) is 4.98 Å². The molecule has 0 amide bonds. The van der Waals surface area contributed by atoms with Crippen LogP contribution in [0.15, 0.2) is 23.7 Å². The Morgan fingerprint density at radius 3 is 3.06 bits per heavy atom. The van der Waals surface area contributed by atoms with Crippen LogP contribution in [0.25, 0.3) is 0 Å². The van der Waals surface area contributed by atoms with Crippen molar-refractivity contribution in [2.24, 2.45) is 7.05 Å². The highest BCUT2D eigenvalue weighted by Gasteiger charge is 2.29. The fourth-order valence-electron chi connectivity index (χ4n) is 2.85. The summed E-state index contributed by atoms with van der Waals surface area (Å²) in [6, 6.07) is 4.85. The van der Waals surface area contributed by atoms with Crippen molar-refractivity contribution >= 4 is 11.3 Å². The third kappa shape index (κ3) is 2.22. The van der Waals surface area contributed by atoms with Crippen molar-refractivity contribution < 1.29 is 0 Å². The maximum absolute atomic E-state index is 4.70. The number of hydrogen-bond donors (Lipinski definition) is 0. The summed E-state index contributed by atoms with van der Waals surface area (Å²) < 4.78 is 2.19. The molecule has 18 heavy (non-hydrogen) atoms. The second kappa shape index (κ2) is 4.86. The zero-order valence-electron chi connectivity index (χ0n) is 11.0. The molecule has 1 unspecified atom stereocenters. The normalized spacial score (nSPS) is 20.7. The first-order valence-corrected chi connectivity index (χ1v) is 7.38. The van der Waals surface area contributed by atoms with Gasteiger partial charge in [0.25, 0.3) is 0 Å². The number of thiophene rings is 1. The van der Waals surface area contributed by atoms with E-state index < -0.39 is 0 Å². The van der Waals surface area contributed by atoms with Gasteiger partial charge in [0, 0.05) is 24.7 Å². The molecule has 3 nitrogen and oxygen atoms in total. The summed E-state index contributed by atoms with van der Waals surface area (Å²) in [6.45, 7) is 4.32. The number of aryl methyl sites for hydroxylation is 2. The minimum Gasteiger partial charge on any atom is -0.336 e. The third-order valence-electron chi connectivity index (χ3n) is 3.63. The zero-order chi connectivity index (χ0) is 12.5. The van der Waals surface area contributed by atoms with Crippen LogP contribution in [-0.4, -0.2) is 21.0 Å². The Morgan fingerprint density at radius 2 is 2.39 bits per heavy atom. The summed E-state index contributed by atoms with van der Waals surface area (Å²) >= 11 is 1.85. The molecule has 0 saturated carbocycles. The summed E-state index contributed by atoms with van der Waals surface area (Å²) in [5.74, 6) is 1.22. The zero-order valence-corrected chi connectivity index (χ0v) is 11.8. The van der Waals surface area contributed by atoms with Crippen LogP contribution >= 0.6 is 11.3 Å². The Bertz CT molecular complexity index is 515. The summed E-state index contributed by atoms with van der Waals surface area (Å²) in [4.78, 5) is 8.71. The summed E-state index contributed by atoms with van der Waals surface area (Å²) in [6.07, 6.45) is 4.63. The van der Waals surface area contributed by atoms with E-state index in [9.17, 15) is 0 Å². The van der Waals surface area contributed by atoms with E-state index in [0.29, 0.717) is 6.04 Å². The predicted octanol–water partition coefficient (Wildman–Crippen LogP) is 3.13. The van der Waals surface area contributed by atoms with E-state index in [0.717, 1.165) is 12.2 Å². The Balaban J connectivity index is 1.81. The quantitative estimate of drug-likeness (QED) is 0.846. The number of likely N-dealkylation sites (tertiary alicyclic amines) is 1. The standard InChI is InChI=1S/C14H19N3S/c1-11-9-16(2)14(15-11)13-6-3-7-17(13)10-12-5-4-8-18-12/h4-5,8-9,13H,3,6-7,10H2,1-2H3. The molecular weight excluding hydrogens is 242 g/mol. The minimum absolute atomic E-state index is 0.491. The predicted molar refractivity (Wildman–Crippen MR) is 74.6 cm³/mol. The fraction of sp³-hybridized carbons (Fsp3) is 0.500. The van der Waals surface area contributed by atoms with E-state index in [1.165, 1.54) is 30.1 Å². The van der Waals surface area contributed by atoms with E-state index in [2.05, 4.69) is 47.1 Å². The Morgan fingerprint density at radius 1 is 1.50 bits per heavy atom.